The van der Waals surface area contributed by atoms with Crippen LogP contribution in [0.1, 0.15) is 10.4 Å². The van der Waals surface area contributed by atoms with E-state index in [-0.39, 0.29) is 18.3 Å². The first kappa shape index (κ1) is 14.8. The normalized spacial score (nSPS) is 14.7. The molecule has 1 fully saturated rings. The SMILES string of the molecule is Cl.O=C(NCC1CNC1)c1cc(Br)ccc1Cl. The Hall–Kier alpha value is -0.290. The monoisotopic (exact) mass is 338 g/mol. The first-order valence-corrected chi connectivity index (χ1v) is 6.28. The zero-order valence-corrected chi connectivity index (χ0v) is 12.2. The number of hydrogen-bond acceptors (Lipinski definition) is 2. The highest BCUT2D eigenvalue weighted by Gasteiger charge is 2.18. The van der Waals surface area contributed by atoms with E-state index in [9.17, 15) is 4.79 Å². The summed E-state index contributed by atoms with van der Waals surface area (Å²) < 4.78 is 0.854. The van der Waals surface area contributed by atoms with Gasteiger partial charge in [0.25, 0.3) is 5.91 Å². The van der Waals surface area contributed by atoms with Gasteiger partial charge in [-0.3, -0.25) is 4.79 Å². The van der Waals surface area contributed by atoms with Crippen LogP contribution in [-0.4, -0.2) is 25.5 Å². The van der Waals surface area contributed by atoms with Crippen LogP contribution < -0.4 is 10.6 Å². The largest absolute Gasteiger partial charge is 0.352 e. The first-order valence-electron chi connectivity index (χ1n) is 5.11. The van der Waals surface area contributed by atoms with Crippen molar-refractivity contribution in [2.24, 2.45) is 5.92 Å². The Kier molecular flexibility index (Phi) is 5.73. The standard InChI is InChI=1S/C11H12BrClN2O.ClH/c12-8-1-2-10(13)9(3-8)11(16)15-6-7-4-14-5-7;/h1-3,7,14H,4-6H2,(H,15,16);1H. The van der Waals surface area contributed by atoms with Gasteiger partial charge in [0.1, 0.15) is 0 Å². The molecule has 2 N–H and O–H groups in total. The molecule has 0 saturated carbocycles. The van der Waals surface area contributed by atoms with Crippen LogP contribution in [0.5, 0.6) is 0 Å². The lowest BCUT2D eigenvalue weighted by atomic mass is 10.0. The van der Waals surface area contributed by atoms with E-state index in [0.29, 0.717) is 23.0 Å². The van der Waals surface area contributed by atoms with Crippen LogP contribution in [0.2, 0.25) is 5.02 Å². The fourth-order valence-electron chi connectivity index (χ4n) is 1.50. The van der Waals surface area contributed by atoms with Gasteiger partial charge < -0.3 is 10.6 Å². The number of benzene rings is 1. The highest BCUT2D eigenvalue weighted by atomic mass is 79.9. The van der Waals surface area contributed by atoms with Gasteiger partial charge in [0, 0.05) is 30.0 Å². The second-order valence-electron chi connectivity index (χ2n) is 3.86. The van der Waals surface area contributed by atoms with Crippen LogP contribution in [0.25, 0.3) is 0 Å². The number of rotatable bonds is 3. The van der Waals surface area contributed by atoms with Gasteiger partial charge in [-0.1, -0.05) is 27.5 Å². The van der Waals surface area contributed by atoms with Gasteiger partial charge in [-0.05, 0) is 18.2 Å². The highest BCUT2D eigenvalue weighted by Crippen LogP contribution is 2.20. The third-order valence-electron chi connectivity index (χ3n) is 2.59. The molecular weight excluding hydrogens is 327 g/mol. The van der Waals surface area contributed by atoms with Crippen molar-refractivity contribution in [2.75, 3.05) is 19.6 Å². The van der Waals surface area contributed by atoms with Crippen LogP contribution in [-0.2, 0) is 0 Å². The van der Waals surface area contributed by atoms with Crippen molar-refractivity contribution in [2.45, 2.75) is 0 Å². The van der Waals surface area contributed by atoms with Crippen molar-refractivity contribution in [3.63, 3.8) is 0 Å². The molecule has 6 heteroatoms. The molecule has 0 radical (unpaired) electrons. The van der Waals surface area contributed by atoms with Gasteiger partial charge in [-0.25, -0.2) is 0 Å². The predicted molar refractivity (Wildman–Crippen MR) is 75.1 cm³/mol. The summed E-state index contributed by atoms with van der Waals surface area (Å²) in [6.07, 6.45) is 0. The molecule has 0 atom stereocenters. The van der Waals surface area contributed by atoms with Gasteiger partial charge in [-0.2, -0.15) is 0 Å². The Balaban J connectivity index is 0.00000144. The molecule has 17 heavy (non-hydrogen) atoms. The summed E-state index contributed by atoms with van der Waals surface area (Å²) in [6, 6.07) is 5.26. The van der Waals surface area contributed by atoms with E-state index in [1.807, 2.05) is 6.07 Å². The lowest BCUT2D eigenvalue weighted by molar-refractivity contribution is 0.0942. The maximum Gasteiger partial charge on any atom is 0.252 e. The van der Waals surface area contributed by atoms with E-state index >= 15 is 0 Å². The summed E-state index contributed by atoms with van der Waals surface area (Å²) >= 11 is 9.28. The van der Waals surface area contributed by atoms with Crippen molar-refractivity contribution in [3.05, 3.63) is 33.3 Å². The average Bonchev–Trinajstić information content (AvgIpc) is 2.19. The number of halogens is 3. The third-order valence-corrected chi connectivity index (χ3v) is 3.41. The van der Waals surface area contributed by atoms with Gasteiger partial charge >= 0.3 is 0 Å². The second-order valence-corrected chi connectivity index (χ2v) is 5.18. The van der Waals surface area contributed by atoms with E-state index in [0.717, 1.165) is 17.6 Å². The third kappa shape index (κ3) is 3.85. The van der Waals surface area contributed by atoms with Crippen molar-refractivity contribution in [3.8, 4) is 0 Å². The fraction of sp³-hybridized carbons (Fsp3) is 0.364. The Morgan fingerprint density at radius 1 is 1.53 bits per heavy atom. The van der Waals surface area contributed by atoms with Crippen LogP contribution in [0.3, 0.4) is 0 Å². The van der Waals surface area contributed by atoms with E-state index < -0.39 is 0 Å². The minimum Gasteiger partial charge on any atom is -0.352 e. The van der Waals surface area contributed by atoms with Crippen LogP contribution in [0.15, 0.2) is 22.7 Å². The molecular formula is C11H13BrCl2N2O. The molecule has 1 aromatic carbocycles. The van der Waals surface area contributed by atoms with Gasteiger partial charge in [-0.15, -0.1) is 12.4 Å². The Bertz CT molecular complexity index is 410. The lowest BCUT2D eigenvalue weighted by Crippen LogP contribution is -2.48. The summed E-state index contributed by atoms with van der Waals surface area (Å²) in [7, 11) is 0. The molecule has 1 saturated heterocycles. The number of carbonyl (C=O) groups is 1. The Morgan fingerprint density at radius 2 is 2.24 bits per heavy atom. The molecule has 2 rings (SSSR count). The lowest BCUT2D eigenvalue weighted by Gasteiger charge is -2.27. The highest BCUT2D eigenvalue weighted by molar-refractivity contribution is 9.10. The maximum absolute atomic E-state index is 11.8. The summed E-state index contributed by atoms with van der Waals surface area (Å²) in [6.45, 7) is 2.66. The molecule has 1 amide bonds. The molecule has 1 aliphatic rings. The molecule has 1 aliphatic heterocycles. The molecule has 0 aromatic heterocycles. The zero-order chi connectivity index (χ0) is 11.5. The van der Waals surface area contributed by atoms with E-state index in [4.69, 9.17) is 11.6 Å². The van der Waals surface area contributed by atoms with Crippen molar-refractivity contribution in [1.29, 1.82) is 0 Å². The molecule has 0 aliphatic carbocycles. The van der Waals surface area contributed by atoms with Crippen molar-refractivity contribution >= 4 is 45.8 Å². The molecule has 0 unspecified atom stereocenters. The number of amides is 1. The minimum atomic E-state index is -0.113. The Morgan fingerprint density at radius 3 is 2.82 bits per heavy atom. The number of carbonyl (C=O) groups excluding carboxylic acids is 1. The van der Waals surface area contributed by atoms with Crippen LogP contribution in [0, 0.1) is 5.92 Å². The molecule has 94 valence electrons. The molecule has 3 nitrogen and oxygen atoms in total. The van der Waals surface area contributed by atoms with Gasteiger partial charge in [0.15, 0.2) is 0 Å². The molecule has 1 heterocycles. The van der Waals surface area contributed by atoms with E-state index in [2.05, 4.69) is 26.6 Å². The molecule has 0 spiro atoms. The smallest absolute Gasteiger partial charge is 0.252 e. The summed E-state index contributed by atoms with van der Waals surface area (Å²) in [5.41, 5.74) is 0.517. The summed E-state index contributed by atoms with van der Waals surface area (Å²) in [5, 5.41) is 6.52. The average molecular weight is 340 g/mol. The number of hydrogen-bond donors (Lipinski definition) is 2. The predicted octanol–water partition coefficient (Wildman–Crippen LogP) is 2.47. The van der Waals surface area contributed by atoms with E-state index in [1.54, 1.807) is 12.1 Å². The van der Waals surface area contributed by atoms with E-state index in [1.165, 1.54) is 0 Å². The number of nitrogens with one attached hydrogen (secondary N) is 2. The Labute approximate surface area is 120 Å². The topological polar surface area (TPSA) is 41.1 Å². The maximum atomic E-state index is 11.8. The van der Waals surface area contributed by atoms with Crippen molar-refractivity contribution < 1.29 is 4.79 Å². The van der Waals surface area contributed by atoms with Gasteiger partial charge in [0.2, 0.25) is 0 Å². The minimum absolute atomic E-state index is 0. The summed E-state index contributed by atoms with van der Waals surface area (Å²) in [5.74, 6) is 0.438. The second kappa shape index (κ2) is 6.59. The zero-order valence-electron chi connectivity index (χ0n) is 9.00. The molecule has 0 bridgehead atoms. The quantitative estimate of drug-likeness (QED) is 0.888. The molecule has 1 aromatic rings. The fourth-order valence-corrected chi connectivity index (χ4v) is 2.06. The van der Waals surface area contributed by atoms with Crippen LogP contribution >= 0.6 is 39.9 Å². The van der Waals surface area contributed by atoms with Gasteiger partial charge in [0.05, 0.1) is 10.6 Å². The summed E-state index contributed by atoms with van der Waals surface area (Å²) in [4.78, 5) is 11.8. The van der Waals surface area contributed by atoms with Crippen LogP contribution in [0.4, 0.5) is 0 Å². The van der Waals surface area contributed by atoms with Crippen molar-refractivity contribution in [1.82, 2.24) is 10.6 Å². The first-order chi connectivity index (χ1) is 7.66.